The number of rotatable bonds is 6. The molecular weight excluding hydrogens is 270 g/mol. The Kier molecular flexibility index (Phi) is 6.37. The lowest BCUT2D eigenvalue weighted by Gasteiger charge is -2.13. The SMILES string of the molecule is CCSCCNC(C)c1ccc(Br)cc1. The Hall–Kier alpha value is 0.01000. The van der Waals surface area contributed by atoms with Gasteiger partial charge in [0.25, 0.3) is 0 Å². The van der Waals surface area contributed by atoms with E-state index in [9.17, 15) is 0 Å². The van der Waals surface area contributed by atoms with Gasteiger partial charge in [0.1, 0.15) is 0 Å². The summed E-state index contributed by atoms with van der Waals surface area (Å²) in [6.07, 6.45) is 0. The molecule has 0 aliphatic heterocycles. The van der Waals surface area contributed by atoms with Crippen LogP contribution >= 0.6 is 27.7 Å². The number of benzene rings is 1. The van der Waals surface area contributed by atoms with E-state index in [0.29, 0.717) is 6.04 Å². The molecule has 0 fully saturated rings. The van der Waals surface area contributed by atoms with Crippen molar-refractivity contribution in [1.29, 1.82) is 0 Å². The van der Waals surface area contributed by atoms with Crippen LogP contribution in [0.3, 0.4) is 0 Å². The van der Waals surface area contributed by atoms with Gasteiger partial charge in [0.05, 0.1) is 0 Å². The molecule has 0 aliphatic carbocycles. The highest BCUT2D eigenvalue weighted by molar-refractivity contribution is 9.10. The second kappa shape index (κ2) is 7.31. The number of nitrogens with one attached hydrogen (secondary N) is 1. The van der Waals surface area contributed by atoms with Crippen LogP contribution in [0.2, 0.25) is 0 Å². The fourth-order valence-corrected chi connectivity index (χ4v) is 2.18. The van der Waals surface area contributed by atoms with Gasteiger partial charge in [-0.25, -0.2) is 0 Å². The minimum absolute atomic E-state index is 0.440. The van der Waals surface area contributed by atoms with E-state index in [0.717, 1.165) is 11.0 Å². The van der Waals surface area contributed by atoms with Crippen molar-refractivity contribution in [3.8, 4) is 0 Å². The van der Waals surface area contributed by atoms with Crippen LogP contribution in [0.15, 0.2) is 28.7 Å². The van der Waals surface area contributed by atoms with Gasteiger partial charge in [-0.2, -0.15) is 11.8 Å². The Morgan fingerprint density at radius 2 is 2.00 bits per heavy atom. The smallest absolute Gasteiger partial charge is 0.0292 e. The normalized spacial score (nSPS) is 12.7. The quantitative estimate of drug-likeness (QED) is 0.798. The maximum Gasteiger partial charge on any atom is 0.0292 e. The Balaban J connectivity index is 2.33. The molecule has 0 bridgehead atoms. The summed E-state index contributed by atoms with van der Waals surface area (Å²) in [5.41, 5.74) is 1.35. The molecule has 0 aliphatic rings. The molecule has 1 N–H and O–H groups in total. The molecule has 1 nitrogen and oxygen atoms in total. The second-order valence-electron chi connectivity index (χ2n) is 3.42. The van der Waals surface area contributed by atoms with Gasteiger partial charge in [-0.3, -0.25) is 0 Å². The summed E-state index contributed by atoms with van der Waals surface area (Å²) in [6, 6.07) is 8.95. The highest BCUT2D eigenvalue weighted by Gasteiger charge is 2.03. The summed E-state index contributed by atoms with van der Waals surface area (Å²) in [6.45, 7) is 5.48. The molecule has 0 heterocycles. The number of thioether (sulfide) groups is 1. The highest BCUT2D eigenvalue weighted by Crippen LogP contribution is 2.16. The zero-order valence-corrected chi connectivity index (χ0v) is 11.7. The third-order valence-electron chi connectivity index (χ3n) is 2.27. The van der Waals surface area contributed by atoms with Crippen molar-refractivity contribution in [2.24, 2.45) is 0 Å². The van der Waals surface area contributed by atoms with Crippen molar-refractivity contribution in [3.05, 3.63) is 34.3 Å². The van der Waals surface area contributed by atoms with Gasteiger partial charge in [0, 0.05) is 22.8 Å². The van der Waals surface area contributed by atoms with Crippen LogP contribution in [0.1, 0.15) is 25.5 Å². The zero-order chi connectivity index (χ0) is 11.1. The van der Waals surface area contributed by atoms with Crippen LogP contribution in [0.5, 0.6) is 0 Å². The Bertz CT molecular complexity index is 273. The molecule has 0 amide bonds. The van der Waals surface area contributed by atoms with E-state index in [2.05, 4.69) is 59.4 Å². The van der Waals surface area contributed by atoms with Crippen LogP contribution in [0.4, 0.5) is 0 Å². The summed E-state index contributed by atoms with van der Waals surface area (Å²) in [4.78, 5) is 0. The summed E-state index contributed by atoms with van der Waals surface area (Å²) < 4.78 is 1.14. The predicted octanol–water partition coefficient (Wildman–Crippen LogP) is 3.85. The Labute approximate surface area is 105 Å². The maximum absolute atomic E-state index is 3.52. The lowest BCUT2D eigenvalue weighted by Crippen LogP contribution is -2.21. The number of hydrogen-bond donors (Lipinski definition) is 1. The van der Waals surface area contributed by atoms with Crippen LogP contribution in [-0.2, 0) is 0 Å². The molecule has 1 unspecified atom stereocenters. The first kappa shape index (κ1) is 13.1. The topological polar surface area (TPSA) is 12.0 Å². The molecule has 15 heavy (non-hydrogen) atoms. The van der Waals surface area contributed by atoms with Crippen LogP contribution in [-0.4, -0.2) is 18.1 Å². The van der Waals surface area contributed by atoms with Crippen molar-refractivity contribution >= 4 is 27.7 Å². The molecule has 0 saturated carbocycles. The monoisotopic (exact) mass is 287 g/mol. The van der Waals surface area contributed by atoms with Gasteiger partial charge in [0.15, 0.2) is 0 Å². The molecule has 0 saturated heterocycles. The van der Waals surface area contributed by atoms with E-state index in [4.69, 9.17) is 0 Å². The van der Waals surface area contributed by atoms with Crippen LogP contribution < -0.4 is 5.32 Å². The van der Waals surface area contributed by atoms with Gasteiger partial charge in [-0.05, 0) is 30.4 Å². The van der Waals surface area contributed by atoms with E-state index in [-0.39, 0.29) is 0 Å². The van der Waals surface area contributed by atoms with Crippen molar-refractivity contribution in [3.63, 3.8) is 0 Å². The van der Waals surface area contributed by atoms with Crippen LogP contribution in [0, 0.1) is 0 Å². The minimum atomic E-state index is 0.440. The molecule has 1 rings (SSSR count). The van der Waals surface area contributed by atoms with Gasteiger partial charge in [0.2, 0.25) is 0 Å². The molecule has 3 heteroatoms. The van der Waals surface area contributed by atoms with Gasteiger partial charge < -0.3 is 5.32 Å². The first-order chi connectivity index (χ1) is 7.24. The molecule has 1 atom stereocenters. The third-order valence-corrected chi connectivity index (χ3v) is 3.70. The molecule has 1 aromatic carbocycles. The highest BCUT2D eigenvalue weighted by atomic mass is 79.9. The van der Waals surface area contributed by atoms with E-state index < -0.39 is 0 Å². The first-order valence-electron chi connectivity index (χ1n) is 5.30. The summed E-state index contributed by atoms with van der Waals surface area (Å²) in [7, 11) is 0. The van der Waals surface area contributed by atoms with Crippen molar-refractivity contribution in [1.82, 2.24) is 5.32 Å². The van der Waals surface area contributed by atoms with Crippen molar-refractivity contribution in [2.45, 2.75) is 19.9 Å². The average molecular weight is 288 g/mol. The third kappa shape index (κ3) is 5.05. The first-order valence-corrected chi connectivity index (χ1v) is 7.25. The minimum Gasteiger partial charge on any atom is -0.309 e. The fraction of sp³-hybridized carbons (Fsp3) is 0.500. The second-order valence-corrected chi connectivity index (χ2v) is 5.73. The van der Waals surface area contributed by atoms with Gasteiger partial charge in [-0.1, -0.05) is 35.0 Å². The lowest BCUT2D eigenvalue weighted by molar-refractivity contribution is 0.601. The predicted molar refractivity (Wildman–Crippen MR) is 73.6 cm³/mol. The van der Waals surface area contributed by atoms with Gasteiger partial charge >= 0.3 is 0 Å². The van der Waals surface area contributed by atoms with Crippen LogP contribution in [0.25, 0.3) is 0 Å². The molecule has 0 spiro atoms. The van der Waals surface area contributed by atoms with E-state index in [1.165, 1.54) is 17.1 Å². The summed E-state index contributed by atoms with van der Waals surface area (Å²) in [5.74, 6) is 2.39. The standard InChI is InChI=1S/C12H18BrNS/c1-3-15-9-8-14-10(2)11-4-6-12(13)7-5-11/h4-7,10,14H,3,8-9H2,1-2H3. The lowest BCUT2D eigenvalue weighted by atomic mass is 10.1. The zero-order valence-electron chi connectivity index (χ0n) is 9.29. The maximum atomic E-state index is 3.52. The average Bonchev–Trinajstić information content (AvgIpc) is 2.25. The molecule has 0 aromatic heterocycles. The van der Waals surface area contributed by atoms with Crippen molar-refractivity contribution in [2.75, 3.05) is 18.1 Å². The summed E-state index contributed by atoms with van der Waals surface area (Å²) >= 11 is 5.42. The molecule has 1 aromatic rings. The van der Waals surface area contributed by atoms with Gasteiger partial charge in [-0.15, -0.1) is 0 Å². The Morgan fingerprint density at radius 1 is 1.33 bits per heavy atom. The Morgan fingerprint density at radius 3 is 2.60 bits per heavy atom. The molecular formula is C12H18BrNS. The number of halogens is 1. The fourth-order valence-electron chi connectivity index (χ4n) is 1.36. The largest absolute Gasteiger partial charge is 0.309 e. The number of hydrogen-bond acceptors (Lipinski definition) is 2. The van der Waals surface area contributed by atoms with E-state index in [1.54, 1.807) is 0 Å². The molecule has 84 valence electrons. The van der Waals surface area contributed by atoms with Crippen molar-refractivity contribution < 1.29 is 0 Å². The van der Waals surface area contributed by atoms with E-state index >= 15 is 0 Å². The van der Waals surface area contributed by atoms with E-state index in [1.807, 2.05) is 11.8 Å². The summed E-state index contributed by atoms with van der Waals surface area (Å²) in [5, 5.41) is 3.52. The molecule has 0 radical (unpaired) electrons.